The monoisotopic (exact) mass is 352 g/mol. The summed E-state index contributed by atoms with van der Waals surface area (Å²) >= 11 is 0. The average Bonchev–Trinajstić information content (AvgIpc) is 2.59. The molecule has 0 saturated heterocycles. The molecule has 2 aromatic rings. The van der Waals surface area contributed by atoms with E-state index in [1.807, 2.05) is 0 Å². The summed E-state index contributed by atoms with van der Waals surface area (Å²) in [6, 6.07) is 8.55. The summed E-state index contributed by atoms with van der Waals surface area (Å²) < 4.78 is 42.5. The summed E-state index contributed by atoms with van der Waals surface area (Å²) in [5.41, 5.74) is 2.08. The summed E-state index contributed by atoms with van der Waals surface area (Å²) in [6.07, 6.45) is -4.46. The maximum absolute atomic E-state index is 12.5. The number of hydrazone groups is 1. The third kappa shape index (κ3) is 4.28. The molecule has 0 radical (unpaired) electrons. The number of benzene rings is 2. The second-order valence-electron chi connectivity index (χ2n) is 5.07. The predicted octanol–water partition coefficient (Wildman–Crippen LogP) is 3.57. The third-order valence-electron chi connectivity index (χ3n) is 3.41. The number of nitrogens with one attached hydrogen (secondary N) is 1. The molecule has 0 aliphatic heterocycles. The van der Waals surface area contributed by atoms with E-state index in [0.29, 0.717) is 11.3 Å². The SMILES string of the molecule is COc1cccc(C(C)=NNC(=O)c2ccc(C(F)(F)F)cc2)c1O. The fourth-order valence-corrected chi connectivity index (χ4v) is 2.05. The van der Waals surface area contributed by atoms with E-state index in [1.165, 1.54) is 7.11 Å². The van der Waals surface area contributed by atoms with Crippen LogP contribution in [0.3, 0.4) is 0 Å². The number of nitrogens with zero attached hydrogens (tertiary/aromatic N) is 1. The van der Waals surface area contributed by atoms with Gasteiger partial charge in [0.1, 0.15) is 0 Å². The second kappa shape index (κ2) is 7.25. The number of methoxy groups -OCH3 is 1. The van der Waals surface area contributed by atoms with Crippen LogP contribution in [-0.2, 0) is 6.18 Å². The smallest absolute Gasteiger partial charge is 0.416 e. The van der Waals surface area contributed by atoms with Gasteiger partial charge in [-0.1, -0.05) is 6.07 Å². The van der Waals surface area contributed by atoms with Gasteiger partial charge < -0.3 is 9.84 Å². The topological polar surface area (TPSA) is 70.9 Å². The molecule has 132 valence electrons. The first kappa shape index (κ1) is 18.3. The number of hydrogen-bond acceptors (Lipinski definition) is 4. The molecule has 0 heterocycles. The lowest BCUT2D eigenvalue weighted by atomic mass is 10.1. The van der Waals surface area contributed by atoms with Crippen molar-refractivity contribution in [2.75, 3.05) is 7.11 Å². The number of phenols is 1. The average molecular weight is 352 g/mol. The van der Waals surface area contributed by atoms with E-state index in [1.54, 1.807) is 25.1 Å². The van der Waals surface area contributed by atoms with Gasteiger partial charge in [0, 0.05) is 11.1 Å². The zero-order valence-corrected chi connectivity index (χ0v) is 13.4. The lowest BCUT2D eigenvalue weighted by Crippen LogP contribution is -2.19. The van der Waals surface area contributed by atoms with Crippen molar-refractivity contribution in [2.45, 2.75) is 13.1 Å². The number of carbonyl (C=O) groups excluding carboxylic acids is 1. The minimum Gasteiger partial charge on any atom is -0.504 e. The molecule has 0 atom stereocenters. The van der Waals surface area contributed by atoms with Crippen LogP contribution in [0.2, 0.25) is 0 Å². The highest BCUT2D eigenvalue weighted by atomic mass is 19.4. The number of hydrogen-bond donors (Lipinski definition) is 2. The van der Waals surface area contributed by atoms with Gasteiger partial charge in [-0.25, -0.2) is 5.43 Å². The van der Waals surface area contributed by atoms with E-state index in [-0.39, 0.29) is 17.1 Å². The molecule has 5 nitrogen and oxygen atoms in total. The number of phenolic OH excluding ortho intramolecular Hbond substituents is 1. The fourth-order valence-electron chi connectivity index (χ4n) is 2.05. The first-order valence-corrected chi connectivity index (χ1v) is 7.12. The van der Waals surface area contributed by atoms with E-state index in [4.69, 9.17) is 4.74 Å². The maximum atomic E-state index is 12.5. The van der Waals surface area contributed by atoms with Gasteiger partial charge in [-0.05, 0) is 43.3 Å². The molecule has 0 spiro atoms. The standard InChI is InChI=1S/C17H15F3N2O3/c1-10(13-4-3-5-14(25-2)15(13)23)21-22-16(24)11-6-8-12(9-7-11)17(18,19)20/h3-9,23H,1-2H3,(H,22,24). The molecule has 0 aromatic heterocycles. The van der Waals surface area contributed by atoms with Gasteiger partial charge in [0.25, 0.3) is 5.91 Å². The highest BCUT2D eigenvalue weighted by Crippen LogP contribution is 2.30. The van der Waals surface area contributed by atoms with Crippen molar-refractivity contribution in [3.63, 3.8) is 0 Å². The van der Waals surface area contributed by atoms with Gasteiger partial charge in [0.2, 0.25) is 0 Å². The molecule has 0 saturated carbocycles. The lowest BCUT2D eigenvalue weighted by Gasteiger charge is -2.09. The summed E-state index contributed by atoms with van der Waals surface area (Å²) in [5.74, 6) is -0.549. The van der Waals surface area contributed by atoms with Crippen LogP contribution < -0.4 is 10.2 Å². The number of amides is 1. The van der Waals surface area contributed by atoms with E-state index in [0.717, 1.165) is 24.3 Å². The first-order chi connectivity index (χ1) is 11.7. The Morgan fingerprint density at radius 3 is 2.36 bits per heavy atom. The molecule has 0 aliphatic rings. The maximum Gasteiger partial charge on any atom is 0.416 e. The highest BCUT2D eigenvalue weighted by Gasteiger charge is 2.30. The molecule has 0 fully saturated rings. The van der Waals surface area contributed by atoms with Crippen LogP contribution in [0.25, 0.3) is 0 Å². The number of rotatable bonds is 4. The number of halogens is 3. The van der Waals surface area contributed by atoms with Gasteiger partial charge in [0.05, 0.1) is 18.4 Å². The molecule has 25 heavy (non-hydrogen) atoms. The van der Waals surface area contributed by atoms with E-state index in [2.05, 4.69) is 10.5 Å². The largest absolute Gasteiger partial charge is 0.504 e. The van der Waals surface area contributed by atoms with Crippen molar-refractivity contribution >= 4 is 11.6 Å². The Morgan fingerprint density at radius 1 is 1.16 bits per heavy atom. The van der Waals surface area contributed by atoms with E-state index >= 15 is 0 Å². The summed E-state index contributed by atoms with van der Waals surface area (Å²) in [5, 5.41) is 13.9. The van der Waals surface area contributed by atoms with Crippen LogP contribution in [0.1, 0.15) is 28.4 Å². The van der Waals surface area contributed by atoms with Crippen molar-refractivity contribution in [1.29, 1.82) is 0 Å². The van der Waals surface area contributed by atoms with Gasteiger partial charge in [0.15, 0.2) is 11.5 Å². The van der Waals surface area contributed by atoms with Crippen molar-refractivity contribution in [3.8, 4) is 11.5 Å². The number of alkyl halides is 3. The molecule has 0 aliphatic carbocycles. The summed E-state index contributed by atoms with van der Waals surface area (Å²) in [6.45, 7) is 1.56. The van der Waals surface area contributed by atoms with Gasteiger partial charge in [-0.15, -0.1) is 0 Å². The molecule has 0 bridgehead atoms. The van der Waals surface area contributed by atoms with Crippen molar-refractivity contribution in [3.05, 3.63) is 59.2 Å². The minimum atomic E-state index is -4.46. The van der Waals surface area contributed by atoms with Crippen molar-refractivity contribution < 1.29 is 27.8 Å². The zero-order valence-electron chi connectivity index (χ0n) is 13.4. The lowest BCUT2D eigenvalue weighted by molar-refractivity contribution is -0.137. The Labute approximate surface area is 141 Å². The van der Waals surface area contributed by atoms with E-state index in [9.17, 15) is 23.1 Å². The van der Waals surface area contributed by atoms with Crippen LogP contribution in [0, 0.1) is 0 Å². The number of para-hydroxylation sites is 1. The molecule has 2 rings (SSSR count). The van der Waals surface area contributed by atoms with Crippen LogP contribution in [0.5, 0.6) is 11.5 Å². The van der Waals surface area contributed by atoms with Gasteiger partial charge in [-0.3, -0.25) is 4.79 Å². The second-order valence-corrected chi connectivity index (χ2v) is 5.07. The third-order valence-corrected chi connectivity index (χ3v) is 3.41. The van der Waals surface area contributed by atoms with Crippen LogP contribution in [-0.4, -0.2) is 23.8 Å². The van der Waals surface area contributed by atoms with Crippen LogP contribution >= 0.6 is 0 Å². The zero-order chi connectivity index (χ0) is 18.6. The van der Waals surface area contributed by atoms with Gasteiger partial charge in [-0.2, -0.15) is 18.3 Å². The first-order valence-electron chi connectivity index (χ1n) is 7.12. The Kier molecular flexibility index (Phi) is 5.31. The van der Waals surface area contributed by atoms with Crippen LogP contribution in [0.15, 0.2) is 47.6 Å². The normalized spacial score (nSPS) is 12.0. The molecule has 1 amide bonds. The molecule has 0 unspecified atom stereocenters. The highest BCUT2D eigenvalue weighted by molar-refractivity contribution is 6.03. The molecule has 2 N–H and O–H groups in total. The number of aromatic hydroxyl groups is 1. The minimum absolute atomic E-state index is 0.0272. The van der Waals surface area contributed by atoms with E-state index < -0.39 is 17.6 Å². The molecule has 2 aromatic carbocycles. The fraction of sp³-hybridized carbons (Fsp3) is 0.176. The Bertz CT molecular complexity index is 800. The Hall–Kier alpha value is -3.03. The molecular weight excluding hydrogens is 337 g/mol. The van der Waals surface area contributed by atoms with Crippen molar-refractivity contribution in [1.82, 2.24) is 5.43 Å². The quantitative estimate of drug-likeness (QED) is 0.653. The Balaban J connectivity index is 2.14. The Morgan fingerprint density at radius 2 is 1.80 bits per heavy atom. The van der Waals surface area contributed by atoms with Crippen molar-refractivity contribution in [2.24, 2.45) is 5.10 Å². The molecular formula is C17H15F3N2O3. The number of ether oxygens (including phenoxy) is 1. The molecule has 8 heteroatoms. The summed E-state index contributed by atoms with van der Waals surface area (Å²) in [7, 11) is 1.40. The summed E-state index contributed by atoms with van der Waals surface area (Å²) in [4.78, 5) is 12.0. The number of carbonyl (C=O) groups is 1. The predicted molar refractivity (Wildman–Crippen MR) is 85.8 cm³/mol. The van der Waals surface area contributed by atoms with Gasteiger partial charge >= 0.3 is 6.18 Å². The van der Waals surface area contributed by atoms with Crippen LogP contribution in [0.4, 0.5) is 13.2 Å².